The van der Waals surface area contributed by atoms with Gasteiger partial charge in [0.2, 0.25) is 0 Å². The van der Waals surface area contributed by atoms with Crippen LogP contribution in [-0.4, -0.2) is 56.4 Å². The molecule has 0 radical (unpaired) electrons. The van der Waals surface area contributed by atoms with E-state index in [0.717, 1.165) is 76.4 Å². The van der Waals surface area contributed by atoms with E-state index in [1.807, 2.05) is 61.5 Å². The second-order valence-corrected chi connectivity index (χ2v) is 9.08. The van der Waals surface area contributed by atoms with E-state index in [2.05, 4.69) is 25.4 Å². The summed E-state index contributed by atoms with van der Waals surface area (Å²) in [5, 5.41) is 24.5. The number of aryl methyl sites for hydroxylation is 1. The second kappa shape index (κ2) is 9.84. The number of aliphatic hydroxyl groups excluding tert-OH is 1. The Labute approximate surface area is 197 Å². The Morgan fingerprint density at radius 1 is 0.939 bits per heavy atom. The van der Waals surface area contributed by atoms with Crippen molar-refractivity contribution in [1.29, 1.82) is 0 Å². The predicted molar refractivity (Wildman–Crippen MR) is 131 cm³/mol. The summed E-state index contributed by atoms with van der Waals surface area (Å²) >= 11 is 1.51. The van der Waals surface area contributed by atoms with Crippen molar-refractivity contribution in [1.82, 2.24) is 30.4 Å². The fourth-order valence-corrected chi connectivity index (χ4v) is 4.85. The third kappa shape index (κ3) is 4.84. The minimum absolute atomic E-state index is 0.601. The Bertz CT molecular complexity index is 1200. The molecule has 33 heavy (non-hydrogen) atoms. The quantitative estimate of drug-likeness (QED) is 0.469. The van der Waals surface area contributed by atoms with E-state index in [4.69, 9.17) is 4.98 Å². The van der Waals surface area contributed by atoms with E-state index in [0.29, 0.717) is 0 Å². The first-order valence-corrected chi connectivity index (χ1v) is 12.0. The molecule has 1 aliphatic rings. The molecule has 2 N–H and O–H groups in total. The number of aromatic nitrogens is 4. The Kier molecular flexibility index (Phi) is 6.50. The van der Waals surface area contributed by atoms with E-state index in [1.54, 1.807) is 6.20 Å². The van der Waals surface area contributed by atoms with Crippen molar-refractivity contribution >= 4 is 11.3 Å². The van der Waals surface area contributed by atoms with Gasteiger partial charge in [-0.15, -0.1) is 10.2 Å². The molecule has 4 aromatic rings. The van der Waals surface area contributed by atoms with Gasteiger partial charge in [-0.2, -0.15) is 0 Å². The third-order valence-corrected chi connectivity index (χ3v) is 6.81. The molecule has 0 spiro atoms. The zero-order valence-corrected chi connectivity index (χ0v) is 19.3. The SMILES string of the molecule is Cc1ncc(-c2ccc(C(O)N3CCCNCC3)cc2)nc1-c1nnc(-c2ccccc2)s1. The average Bonchev–Trinajstić information content (AvgIpc) is 3.19. The van der Waals surface area contributed by atoms with E-state index >= 15 is 0 Å². The fourth-order valence-electron chi connectivity index (χ4n) is 3.96. The molecule has 1 fully saturated rings. The van der Waals surface area contributed by atoms with Crippen LogP contribution >= 0.6 is 11.3 Å². The number of hydrogen-bond acceptors (Lipinski definition) is 8. The maximum atomic E-state index is 10.8. The molecule has 168 valence electrons. The molecule has 1 unspecified atom stereocenters. The molecule has 2 aromatic heterocycles. The molecule has 0 amide bonds. The van der Waals surface area contributed by atoms with Crippen molar-refractivity contribution in [3.8, 4) is 32.5 Å². The van der Waals surface area contributed by atoms with Gasteiger partial charge in [0, 0.05) is 30.8 Å². The maximum absolute atomic E-state index is 10.8. The van der Waals surface area contributed by atoms with Crippen molar-refractivity contribution in [3.05, 3.63) is 72.1 Å². The summed E-state index contributed by atoms with van der Waals surface area (Å²) in [4.78, 5) is 11.5. The molecule has 0 bridgehead atoms. The zero-order chi connectivity index (χ0) is 22.6. The molecule has 0 saturated carbocycles. The normalized spacial score (nSPS) is 15.8. The molecule has 1 aliphatic heterocycles. The molecule has 0 aliphatic carbocycles. The molecule has 2 aromatic carbocycles. The van der Waals surface area contributed by atoms with Crippen molar-refractivity contribution in [2.75, 3.05) is 26.2 Å². The lowest BCUT2D eigenvalue weighted by Gasteiger charge is -2.26. The highest BCUT2D eigenvalue weighted by atomic mass is 32.1. The van der Waals surface area contributed by atoms with Crippen molar-refractivity contribution in [3.63, 3.8) is 0 Å². The summed E-state index contributed by atoms with van der Waals surface area (Å²) < 4.78 is 0. The molecule has 1 saturated heterocycles. The topological polar surface area (TPSA) is 87.1 Å². The van der Waals surface area contributed by atoms with Crippen LogP contribution < -0.4 is 5.32 Å². The van der Waals surface area contributed by atoms with Crippen LogP contribution in [0.1, 0.15) is 23.9 Å². The zero-order valence-electron chi connectivity index (χ0n) is 18.5. The lowest BCUT2D eigenvalue weighted by Crippen LogP contribution is -2.32. The van der Waals surface area contributed by atoms with Crippen LogP contribution in [0.4, 0.5) is 0 Å². The van der Waals surface area contributed by atoms with Gasteiger partial charge < -0.3 is 10.4 Å². The van der Waals surface area contributed by atoms with Crippen molar-refractivity contribution < 1.29 is 5.11 Å². The van der Waals surface area contributed by atoms with Gasteiger partial charge in [0.05, 0.1) is 17.6 Å². The van der Waals surface area contributed by atoms with Gasteiger partial charge in [-0.25, -0.2) is 4.98 Å². The smallest absolute Gasteiger partial charge is 0.168 e. The van der Waals surface area contributed by atoms with E-state index in [1.165, 1.54) is 11.3 Å². The fraction of sp³-hybridized carbons (Fsp3) is 0.280. The summed E-state index contributed by atoms with van der Waals surface area (Å²) in [6.07, 6.45) is 2.22. The first-order chi connectivity index (χ1) is 16.2. The average molecular weight is 459 g/mol. The molecular formula is C25H26N6OS. The highest BCUT2D eigenvalue weighted by Gasteiger charge is 2.19. The van der Waals surface area contributed by atoms with E-state index < -0.39 is 6.23 Å². The van der Waals surface area contributed by atoms with Crippen LogP contribution in [0.3, 0.4) is 0 Å². The first-order valence-electron chi connectivity index (χ1n) is 11.1. The van der Waals surface area contributed by atoms with E-state index in [-0.39, 0.29) is 0 Å². The molecule has 7 nitrogen and oxygen atoms in total. The number of rotatable bonds is 5. The van der Waals surface area contributed by atoms with Gasteiger partial charge in [0.15, 0.2) is 5.01 Å². The van der Waals surface area contributed by atoms with Gasteiger partial charge in [-0.3, -0.25) is 9.88 Å². The summed E-state index contributed by atoms with van der Waals surface area (Å²) in [6.45, 7) is 5.55. The monoisotopic (exact) mass is 458 g/mol. The van der Waals surface area contributed by atoms with Gasteiger partial charge in [-0.1, -0.05) is 65.9 Å². The molecule has 3 heterocycles. The molecule has 5 rings (SSSR count). The van der Waals surface area contributed by atoms with E-state index in [9.17, 15) is 5.11 Å². The van der Waals surface area contributed by atoms with Crippen molar-refractivity contribution in [2.45, 2.75) is 19.6 Å². The maximum Gasteiger partial charge on any atom is 0.168 e. The standard InChI is InChI=1S/C25H26N6OS/c1-17-22(24-30-29-23(33-24)19-6-3-2-4-7-19)28-21(16-27-17)18-8-10-20(11-9-18)25(32)31-14-5-12-26-13-15-31/h2-4,6-11,16,25-26,32H,5,12-15H2,1H3. The van der Waals surface area contributed by atoms with Crippen LogP contribution in [0.15, 0.2) is 60.8 Å². The van der Waals surface area contributed by atoms with Gasteiger partial charge in [0.1, 0.15) is 16.9 Å². The Hall–Kier alpha value is -3.04. The van der Waals surface area contributed by atoms with Crippen LogP contribution in [0, 0.1) is 6.92 Å². The minimum Gasteiger partial charge on any atom is -0.374 e. The molecular weight excluding hydrogens is 432 g/mol. The minimum atomic E-state index is -0.601. The summed E-state index contributed by atoms with van der Waals surface area (Å²) in [5.74, 6) is 0. The Morgan fingerprint density at radius 3 is 2.55 bits per heavy atom. The summed E-state index contributed by atoms with van der Waals surface area (Å²) in [6, 6.07) is 17.9. The van der Waals surface area contributed by atoms with Gasteiger partial charge in [-0.05, 0) is 25.5 Å². The number of hydrogen-bond donors (Lipinski definition) is 2. The lowest BCUT2D eigenvalue weighted by molar-refractivity contribution is 0.00622. The van der Waals surface area contributed by atoms with Crippen LogP contribution in [0.2, 0.25) is 0 Å². The Morgan fingerprint density at radius 2 is 1.73 bits per heavy atom. The van der Waals surface area contributed by atoms with Gasteiger partial charge in [0.25, 0.3) is 0 Å². The summed E-state index contributed by atoms with van der Waals surface area (Å²) in [7, 11) is 0. The lowest BCUT2D eigenvalue weighted by atomic mass is 10.1. The van der Waals surface area contributed by atoms with Crippen LogP contribution in [0.5, 0.6) is 0 Å². The number of nitrogens with one attached hydrogen (secondary N) is 1. The third-order valence-electron chi connectivity index (χ3n) is 5.83. The first kappa shape index (κ1) is 21.8. The van der Waals surface area contributed by atoms with Crippen molar-refractivity contribution in [2.24, 2.45) is 0 Å². The molecule has 8 heteroatoms. The number of benzene rings is 2. The predicted octanol–water partition coefficient (Wildman–Crippen LogP) is 3.92. The highest BCUT2D eigenvalue weighted by Crippen LogP contribution is 2.31. The highest BCUT2D eigenvalue weighted by molar-refractivity contribution is 7.17. The Balaban J connectivity index is 1.38. The number of aliphatic hydroxyl groups is 1. The molecule has 1 atom stereocenters. The van der Waals surface area contributed by atoms with Crippen LogP contribution in [0.25, 0.3) is 32.5 Å². The number of nitrogens with zero attached hydrogens (tertiary/aromatic N) is 5. The van der Waals surface area contributed by atoms with Crippen LogP contribution in [-0.2, 0) is 0 Å². The second-order valence-electron chi connectivity index (χ2n) is 8.10. The summed E-state index contributed by atoms with van der Waals surface area (Å²) in [5.41, 5.74) is 5.21. The largest absolute Gasteiger partial charge is 0.374 e. The van der Waals surface area contributed by atoms with Gasteiger partial charge >= 0.3 is 0 Å².